The van der Waals surface area contributed by atoms with Crippen molar-refractivity contribution in [1.29, 1.82) is 0 Å². The van der Waals surface area contributed by atoms with Crippen LogP contribution in [-0.4, -0.2) is 54.7 Å². The summed E-state index contributed by atoms with van der Waals surface area (Å²) in [6, 6.07) is 13.2. The lowest BCUT2D eigenvalue weighted by Crippen LogP contribution is -2.43. The number of hydrogen-bond acceptors (Lipinski definition) is 6. The number of hydrogen-bond donors (Lipinski definition) is 0. The van der Waals surface area contributed by atoms with Crippen molar-refractivity contribution in [2.24, 2.45) is 0 Å². The maximum Gasteiger partial charge on any atom is 0.254 e. The molecular weight excluding hydrogens is 495 g/mol. The van der Waals surface area contributed by atoms with Gasteiger partial charge in [-0.05, 0) is 73.2 Å². The van der Waals surface area contributed by atoms with Crippen molar-refractivity contribution in [3.8, 4) is 11.5 Å². The lowest BCUT2D eigenvalue weighted by Gasteiger charge is -2.28. The van der Waals surface area contributed by atoms with Gasteiger partial charge in [-0.2, -0.15) is 0 Å². The average Bonchev–Trinajstić information content (AvgIpc) is 3.54. The molecule has 2 aromatic carbocycles. The molecule has 0 atom stereocenters. The smallest absolute Gasteiger partial charge is 0.254 e. The minimum atomic E-state index is -0.328. The fourth-order valence-corrected chi connectivity index (χ4v) is 4.93. The van der Waals surface area contributed by atoms with Crippen molar-refractivity contribution >= 4 is 23.2 Å². The lowest BCUT2D eigenvalue weighted by atomic mass is 10.1. The summed E-state index contributed by atoms with van der Waals surface area (Å²) < 4.78 is 29.7. The van der Waals surface area contributed by atoms with Gasteiger partial charge in [-0.25, -0.2) is 4.39 Å². The first-order chi connectivity index (χ1) is 17.9. The summed E-state index contributed by atoms with van der Waals surface area (Å²) in [5.41, 5.74) is 2.34. The zero-order valence-electron chi connectivity index (χ0n) is 21.1. The number of aryl methyl sites for hydroxylation is 1. The van der Waals surface area contributed by atoms with Gasteiger partial charge < -0.3 is 24.0 Å². The van der Waals surface area contributed by atoms with Gasteiger partial charge in [-0.15, -0.1) is 11.3 Å². The number of halogens is 1. The van der Waals surface area contributed by atoms with Gasteiger partial charge in [0.15, 0.2) is 11.5 Å². The summed E-state index contributed by atoms with van der Waals surface area (Å²) in [5, 5.41) is 1.99. The van der Waals surface area contributed by atoms with Crippen LogP contribution in [-0.2, 0) is 22.6 Å². The maximum atomic E-state index is 13.7. The van der Waals surface area contributed by atoms with Crippen LogP contribution in [0, 0.1) is 12.7 Å². The van der Waals surface area contributed by atoms with Gasteiger partial charge in [-0.3, -0.25) is 9.59 Å². The van der Waals surface area contributed by atoms with E-state index in [1.165, 1.54) is 12.1 Å². The molecule has 2 amide bonds. The van der Waals surface area contributed by atoms with Crippen molar-refractivity contribution in [2.45, 2.75) is 33.4 Å². The Morgan fingerprint density at radius 3 is 2.54 bits per heavy atom. The molecule has 0 radical (unpaired) electrons. The highest BCUT2D eigenvalue weighted by atomic mass is 32.1. The zero-order valence-corrected chi connectivity index (χ0v) is 21.9. The second-order valence-electron chi connectivity index (χ2n) is 8.75. The number of amides is 2. The molecule has 0 fully saturated rings. The highest BCUT2D eigenvalue weighted by Gasteiger charge is 2.25. The Labute approximate surface area is 220 Å². The molecule has 0 unspecified atom stereocenters. The molecule has 37 heavy (non-hydrogen) atoms. The Morgan fingerprint density at radius 2 is 1.81 bits per heavy atom. The minimum Gasteiger partial charge on any atom is -0.454 e. The zero-order chi connectivity index (χ0) is 26.2. The van der Waals surface area contributed by atoms with Crippen molar-refractivity contribution in [3.63, 3.8) is 0 Å². The summed E-state index contributed by atoms with van der Waals surface area (Å²) in [7, 11) is 0. The van der Waals surface area contributed by atoms with E-state index in [1.807, 2.05) is 25.3 Å². The number of benzene rings is 2. The van der Waals surface area contributed by atoms with E-state index in [9.17, 15) is 14.0 Å². The van der Waals surface area contributed by atoms with E-state index in [0.29, 0.717) is 56.3 Å². The Hall–Kier alpha value is -3.43. The topological polar surface area (TPSA) is 68.3 Å². The van der Waals surface area contributed by atoms with E-state index in [2.05, 4.69) is 0 Å². The Balaban J connectivity index is 1.54. The predicted octanol–water partition coefficient (Wildman–Crippen LogP) is 5.02. The van der Waals surface area contributed by atoms with Gasteiger partial charge in [0, 0.05) is 36.7 Å². The largest absolute Gasteiger partial charge is 0.454 e. The standard InChI is InChI=1S/C28H31FN2O5S/c1-3-34-13-4-12-30(28(33)22-7-10-24-25(15-22)36-19-35-24)18-27(32)31(17-26-20(2)11-14-37-26)16-21-5-8-23(29)9-6-21/h5-11,14-15H,3-4,12-13,16-19H2,1-2H3. The average molecular weight is 527 g/mol. The van der Waals surface area contributed by atoms with Gasteiger partial charge in [0.2, 0.25) is 12.7 Å². The third-order valence-corrected chi connectivity index (χ3v) is 7.10. The Bertz CT molecular complexity index is 1210. The summed E-state index contributed by atoms with van der Waals surface area (Å²) in [4.78, 5) is 31.5. The van der Waals surface area contributed by atoms with Crippen LogP contribution in [0.4, 0.5) is 4.39 Å². The number of fused-ring (bicyclic) bond motifs is 1. The molecular formula is C28H31FN2O5S. The van der Waals surface area contributed by atoms with Gasteiger partial charge in [0.05, 0.1) is 6.54 Å². The highest BCUT2D eigenvalue weighted by molar-refractivity contribution is 7.10. The van der Waals surface area contributed by atoms with E-state index >= 15 is 0 Å². The predicted molar refractivity (Wildman–Crippen MR) is 139 cm³/mol. The van der Waals surface area contributed by atoms with Gasteiger partial charge in [0.25, 0.3) is 5.91 Å². The van der Waals surface area contributed by atoms with E-state index in [4.69, 9.17) is 14.2 Å². The first-order valence-electron chi connectivity index (χ1n) is 12.3. The molecule has 0 N–H and O–H groups in total. The molecule has 1 aliphatic heterocycles. The molecule has 196 valence electrons. The first-order valence-corrected chi connectivity index (χ1v) is 13.1. The summed E-state index contributed by atoms with van der Waals surface area (Å²) in [6.45, 7) is 6.10. The third-order valence-electron chi connectivity index (χ3n) is 6.10. The number of thiophene rings is 1. The van der Waals surface area contributed by atoms with E-state index in [1.54, 1.807) is 51.5 Å². The fourth-order valence-electron chi connectivity index (χ4n) is 4.01. The highest BCUT2D eigenvalue weighted by Crippen LogP contribution is 2.33. The number of ether oxygens (including phenoxy) is 3. The van der Waals surface area contributed by atoms with Gasteiger partial charge >= 0.3 is 0 Å². The van der Waals surface area contributed by atoms with Crippen molar-refractivity contribution in [1.82, 2.24) is 9.80 Å². The molecule has 1 aliphatic rings. The van der Waals surface area contributed by atoms with Crippen LogP contribution in [0.25, 0.3) is 0 Å². The molecule has 9 heteroatoms. The molecule has 0 bridgehead atoms. The van der Waals surface area contributed by atoms with E-state index in [0.717, 1.165) is 16.0 Å². The summed E-state index contributed by atoms with van der Waals surface area (Å²) in [5.74, 6) is 0.315. The maximum absolute atomic E-state index is 13.7. The van der Waals surface area contributed by atoms with Crippen LogP contribution in [0.15, 0.2) is 53.9 Å². The molecule has 7 nitrogen and oxygen atoms in total. The SMILES string of the molecule is CCOCCCN(CC(=O)N(Cc1ccc(F)cc1)Cc1sccc1C)C(=O)c1ccc2c(c1)OCO2. The molecule has 0 saturated carbocycles. The van der Waals surface area contributed by atoms with Crippen LogP contribution >= 0.6 is 11.3 Å². The number of carbonyl (C=O) groups excluding carboxylic acids is 2. The quantitative estimate of drug-likeness (QED) is 0.310. The van der Waals surface area contributed by atoms with E-state index in [-0.39, 0.29) is 31.0 Å². The van der Waals surface area contributed by atoms with Crippen LogP contribution < -0.4 is 9.47 Å². The minimum absolute atomic E-state index is 0.0922. The molecule has 2 heterocycles. The number of rotatable bonds is 12. The molecule has 0 spiro atoms. The van der Waals surface area contributed by atoms with Crippen molar-refractivity contribution in [2.75, 3.05) is 33.1 Å². The van der Waals surface area contributed by atoms with Crippen LogP contribution in [0.5, 0.6) is 11.5 Å². The molecule has 0 saturated heterocycles. The third kappa shape index (κ3) is 7.08. The van der Waals surface area contributed by atoms with Crippen LogP contribution in [0.2, 0.25) is 0 Å². The number of nitrogens with zero attached hydrogens (tertiary/aromatic N) is 2. The second-order valence-corrected chi connectivity index (χ2v) is 9.75. The van der Waals surface area contributed by atoms with Gasteiger partial charge in [0.1, 0.15) is 12.4 Å². The molecule has 0 aliphatic carbocycles. The molecule has 4 rings (SSSR count). The first kappa shape index (κ1) is 26.6. The molecule has 3 aromatic rings. The lowest BCUT2D eigenvalue weighted by molar-refractivity contribution is -0.133. The fraction of sp³-hybridized carbons (Fsp3) is 0.357. The second kappa shape index (κ2) is 12.7. The number of carbonyl (C=O) groups is 2. The Morgan fingerprint density at radius 1 is 1.03 bits per heavy atom. The van der Waals surface area contributed by atoms with E-state index < -0.39 is 0 Å². The van der Waals surface area contributed by atoms with Crippen LogP contribution in [0.3, 0.4) is 0 Å². The van der Waals surface area contributed by atoms with Crippen LogP contribution in [0.1, 0.15) is 39.7 Å². The molecule has 1 aromatic heterocycles. The monoisotopic (exact) mass is 526 g/mol. The van der Waals surface area contributed by atoms with Crippen molar-refractivity contribution in [3.05, 3.63) is 81.3 Å². The Kier molecular flexibility index (Phi) is 9.14. The summed E-state index contributed by atoms with van der Waals surface area (Å²) >= 11 is 1.58. The van der Waals surface area contributed by atoms with Crippen molar-refractivity contribution < 1.29 is 28.2 Å². The summed E-state index contributed by atoms with van der Waals surface area (Å²) in [6.07, 6.45) is 0.597. The normalized spacial score (nSPS) is 12.0. The van der Waals surface area contributed by atoms with Gasteiger partial charge in [-0.1, -0.05) is 12.1 Å².